The van der Waals surface area contributed by atoms with E-state index in [9.17, 15) is 0 Å². The lowest BCUT2D eigenvalue weighted by Crippen LogP contribution is -2.15. The average Bonchev–Trinajstić information content (AvgIpc) is 3.63. The Balaban J connectivity index is 1.22. The van der Waals surface area contributed by atoms with E-state index in [4.69, 9.17) is 4.42 Å². The van der Waals surface area contributed by atoms with Gasteiger partial charge < -0.3 is 8.98 Å². The second-order valence-corrected chi connectivity index (χ2v) is 11.8. The van der Waals surface area contributed by atoms with Crippen LogP contribution in [0.5, 0.6) is 0 Å². The van der Waals surface area contributed by atoms with Gasteiger partial charge in [0.05, 0.1) is 11.0 Å². The van der Waals surface area contributed by atoms with Crippen molar-refractivity contribution < 1.29 is 4.42 Å². The fourth-order valence-corrected chi connectivity index (χ4v) is 7.21. The molecule has 0 spiro atoms. The lowest BCUT2D eigenvalue weighted by Gasteiger charge is -2.23. The summed E-state index contributed by atoms with van der Waals surface area (Å²) in [5.74, 6) is 0. The van der Waals surface area contributed by atoms with Crippen molar-refractivity contribution in [3.63, 3.8) is 0 Å². The van der Waals surface area contributed by atoms with Gasteiger partial charge in [-0.15, -0.1) is 0 Å². The van der Waals surface area contributed by atoms with Crippen LogP contribution in [0, 0.1) is 0 Å². The normalized spacial score (nSPS) is 13.8. The molecule has 0 fully saturated rings. The van der Waals surface area contributed by atoms with Crippen molar-refractivity contribution in [3.05, 3.63) is 139 Å². The van der Waals surface area contributed by atoms with Crippen molar-refractivity contribution in [2.24, 2.45) is 0 Å². The molecule has 1 aliphatic carbocycles. The van der Waals surface area contributed by atoms with E-state index in [0.29, 0.717) is 0 Å². The van der Waals surface area contributed by atoms with Gasteiger partial charge in [0.25, 0.3) is 0 Å². The third-order valence-corrected chi connectivity index (χ3v) is 9.21. The lowest BCUT2D eigenvalue weighted by molar-refractivity contribution is 0.659. The molecule has 0 radical (unpaired) electrons. The van der Waals surface area contributed by atoms with Gasteiger partial charge in [0.1, 0.15) is 11.2 Å². The van der Waals surface area contributed by atoms with E-state index < -0.39 is 0 Å². The summed E-state index contributed by atoms with van der Waals surface area (Å²) in [6, 6.07) is 46.2. The van der Waals surface area contributed by atoms with E-state index in [1.807, 2.05) is 6.07 Å². The van der Waals surface area contributed by atoms with Crippen molar-refractivity contribution in [1.82, 2.24) is 4.57 Å². The van der Waals surface area contributed by atoms with Crippen LogP contribution < -0.4 is 0 Å². The Kier molecular flexibility index (Phi) is 4.42. The van der Waals surface area contributed by atoms with Gasteiger partial charge in [-0.05, 0) is 64.2 Å². The van der Waals surface area contributed by atoms with Crippen LogP contribution in [0.25, 0.3) is 71.7 Å². The Bertz CT molecular complexity index is 2290. The largest absolute Gasteiger partial charge is 0.455 e. The highest BCUT2D eigenvalue weighted by molar-refractivity contribution is 6.10. The molecule has 2 nitrogen and oxygen atoms in total. The summed E-state index contributed by atoms with van der Waals surface area (Å²) >= 11 is 0. The smallest absolute Gasteiger partial charge is 0.143 e. The van der Waals surface area contributed by atoms with Crippen LogP contribution in [0.15, 0.2) is 132 Å². The summed E-state index contributed by atoms with van der Waals surface area (Å²) < 4.78 is 8.81. The molecule has 0 amide bonds. The van der Waals surface area contributed by atoms with E-state index in [-0.39, 0.29) is 5.41 Å². The van der Waals surface area contributed by atoms with E-state index in [1.54, 1.807) is 0 Å². The van der Waals surface area contributed by atoms with Crippen molar-refractivity contribution in [3.8, 4) is 27.9 Å². The first-order valence-corrected chi connectivity index (χ1v) is 14.3. The molecule has 0 N–H and O–H groups in total. The van der Waals surface area contributed by atoms with Gasteiger partial charge in [-0.1, -0.05) is 105 Å². The topological polar surface area (TPSA) is 18.1 Å². The summed E-state index contributed by atoms with van der Waals surface area (Å²) in [6.45, 7) is 4.72. The highest BCUT2D eigenvalue weighted by atomic mass is 16.3. The number of benzene rings is 6. The molecule has 0 atom stereocenters. The molecule has 0 bridgehead atoms. The van der Waals surface area contributed by atoms with Crippen LogP contribution in [-0.4, -0.2) is 4.57 Å². The monoisotopic (exact) mass is 525 g/mol. The highest BCUT2D eigenvalue weighted by Gasteiger charge is 2.36. The zero-order valence-electron chi connectivity index (χ0n) is 23.0. The number of fused-ring (bicyclic) bond motifs is 9. The molecule has 2 heteroatoms. The van der Waals surface area contributed by atoms with Gasteiger partial charge in [-0.2, -0.15) is 0 Å². The Morgan fingerprint density at radius 1 is 0.512 bits per heavy atom. The first-order valence-electron chi connectivity index (χ1n) is 14.3. The van der Waals surface area contributed by atoms with E-state index in [1.165, 1.54) is 55.3 Å². The van der Waals surface area contributed by atoms with Crippen LogP contribution in [0.4, 0.5) is 0 Å². The lowest BCUT2D eigenvalue weighted by atomic mass is 9.81. The first kappa shape index (κ1) is 22.7. The number of furan rings is 1. The summed E-state index contributed by atoms with van der Waals surface area (Å²) in [5.41, 5.74) is 13.1. The standard InChI is InChI=1S/C39H27NO/c1-39(2)33-22-24(26-13-9-14-32-31-12-5-8-17-37(31)41-38(26)32)18-20-27(33)28-21-19-25(23-34(28)39)40-35-15-6-3-10-29(35)30-11-4-7-16-36(30)40/h3-23H,1-2H3. The zero-order chi connectivity index (χ0) is 27.3. The Morgan fingerprint density at radius 2 is 1.12 bits per heavy atom. The van der Waals surface area contributed by atoms with Gasteiger partial charge in [-0.25, -0.2) is 0 Å². The Morgan fingerprint density at radius 3 is 1.88 bits per heavy atom. The molecule has 0 unspecified atom stereocenters. The van der Waals surface area contributed by atoms with Gasteiger partial charge >= 0.3 is 0 Å². The molecular formula is C39H27NO. The van der Waals surface area contributed by atoms with Crippen LogP contribution in [0.2, 0.25) is 0 Å². The molecule has 8 aromatic rings. The van der Waals surface area contributed by atoms with Crippen LogP contribution in [0.3, 0.4) is 0 Å². The minimum absolute atomic E-state index is 0.142. The summed E-state index contributed by atoms with van der Waals surface area (Å²) in [4.78, 5) is 0. The quantitative estimate of drug-likeness (QED) is 0.219. The van der Waals surface area contributed by atoms with E-state index in [0.717, 1.165) is 27.5 Å². The SMILES string of the molecule is CC1(C)c2cc(-c3cccc4c3oc3ccccc34)ccc2-c2ccc(-n3c4ccccc4c4ccccc43)cc21. The second kappa shape index (κ2) is 7.99. The molecule has 194 valence electrons. The van der Waals surface area contributed by atoms with E-state index in [2.05, 4.69) is 140 Å². The molecule has 0 saturated carbocycles. The predicted octanol–water partition coefficient (Wildman–Crippen LogP) is 10.7. The summed E-state index contributed by atoms with van der Waals surface area (Å²) in [7, 11) is 0. The maximum Gasteiger partial charge on any atom is 0.143 e. The van der Waals surface area contributed by atoms with E-state index >= 15 is 0 Å². The maximum atomic E-state index is 6.40. The number of aromatic nitrogens is 1. The minimum Gasteiger partial charge on any atom is -0.455 e. The number of hydrogen-bond acceptors (Lipinski definition) is 1. The van der Waals surface area contributed by atoms with Crippen LogP contribution >= 0.6 is 0 Å². The summed E-state index contributed by atoms with van der Waals surface area (Å²) in [6.07, 6.45) is 0. The number of hydrogen-bond donors (Lipinski definition) is 0. The van der Waals surface area contributed by atoms with Crippen molar-refractivity contribution >= 4 is 43.7 Å². The van der Waals surface area contributed by atoms with Crippen LogP contribution in [0.1, 0.15) is 25.0 Å². The van der Waals surface area contributed by atoms with Crippen LogP contribution in [-0.2, 0) is 5.41 Å². The third kappa shape index (κ3) is 3.02. The number of rotatable bonds is 2. The Hall–Kier alpha value is -5.08. The average molecular weight is 526 g/mol. The molecule has 2 heterocycles. The Labute approximate surface area is 238 Å². The fraction of sp³-hybridized carbons (Fsp3) is 0.0769. The van der Waals surface area contributed by atoms with Crippen molar-refractivity contribution in [2.75, 3.05) is 0 Å². The first-order chi connectivity index (χ1) is 20.1. The molecule has 41 heavy (non-hydrogen) atoms. The second-order valence-electron chi connectivity index (χ2n) is 11.8. The highest BCUT2D eigenvalue weighted by Crippen LogP contribution is 2.51. The molecule has 6 aromatic carbocycles. The molecule has 1 aliphatic rings. The van der Waals surface area contributed by atoms with Crippen molar-refractivity contribution in [2.45, 2.75) is 19.3 Å². The molecule has 0 aliphatic heterocycles. The van der Waals surface area contributed by atoms with Gasteiger partial charge in [0.2, 0.25) is 0 Å². The maximum absolute atomic E-state index is 6.40. The number of nitrogens with zero attached hydrogens (tertiary/aromatic N) is 1. The molecule has 9 rings (SSSR count). The third-order valence-electron chi connectivity index (χ3n) is 9.21. The molecule has 0 saturated heterocycles. The minimum atomic E-state index is -0.142. The zero-order valence-corrected chi connectivity index (χ0v) is 23.0. The molecule has 2 aromatic heterocycles. The predicted molar refractivity (Wildman–Crippen MR) is 171 cm³/mol. The van der Waals surface area contributed by atoms with Gasteiger partial charge in [0.15, 0.2) is 0 Å². The number of para-hydroxylation sites is 4. The van der Waals surface area contributed by atoms with Crippen molar-refractivity contribution in [1.29, 1.82) is 0 Å². The van der Waals surface area contributed by atoms with Gasteiger partial charge in [-0.3, -0.25) is 0 Å². The molecular weight excluding hydrogens is 498 g/mol. The fourth-order valence-electron chi connectivity index (χ4n) is 7.21. The summed E-state index contributed by atoms with van der Waals surface area (Å²) in [5, 5.41) is 4.90. The van der Waals surface area contributed by atoms with Gasteiger partial charge in [0, 0.05) is 38.2 Å².